The summed E-state index contributed by atoms with van der Waals surface area (Å²) in [5, 5.41) is 10.5. The first-order valence-electron chi connectivity index (χ1n) is 7.00. The molecule has 2 aromatic rings. The van der Waals surface area contributed by atoms with Crippen LogP contribution in [0.1, 0.15) is 22.8 Å². The molecule has 2 aliphatic rings. The van der Waals surface area contributed by atoms with Gasteiger partial charge in [-0.05, 0) is 18.2 Å². The van der Waals surface area contributed by atoms with Gasteiger partial charge >= 0.3 is 16.8 Å². The number of carboxylic acid groups (broad SMARTS) is 1. The van der Waals surface area contributed by atoms with Gasteiger partial charge in [-0.3, -0.25) is 14.4 Å². The molecule has 124 valence electrons. The molecule has 0 amide bonds. The molecule has 0 aliphatic carbocycles. The summed E-state index contributed by atoms with van der Waals surface area (Å²) in [7, 11) is 0. The van der Waals surface area contributed by atoms with Gasteiger partial charge in [0.05, 0.1) is 11.4 Å². The second-order valence-corrected chi connectivity index (χ2v) is 8.16. The average Bonchev–Trinajstić information content (AvgIpc) is 2.88. The zero-order valence-corrected chi connectivity index (χ0v) is 14.4. The number of ether oxygens (including phenoxy) is 1. The van der Waals surface area contributed by atoms with Crippen LogP contribution < -0.4 is 9.61 Å². The fourth-order valence-corrected chi connectivity index (χ4v) is 6.04. The number of carbonyl (C=O) groups excluding carboxylic acids is 1. The molecule has 0 saturated heterocycles. The van der Waals surface area contributed by atoms with Gasteiger partial charge in [0.25, 0.3) is 0 Å². The average molecular weight is 384 g/mol. The number of thioether (sulfide) groups is 1. The van der Waals surface area contributed by atoms with E-state index in [0.29, 0.717) is 26.2 Å². The number of hydrogen-bond donors (Lipinski definition) is 2. The van der Waals surface area contributed by atoms with Crippen molar-refractivity contribution in [1.82, 2.24) is 4.98 Å². The number of esters is 1. The van der Waals surface area contributed by atoms with Crippen molar-refractivity contribution in [3.63, 3.8) is 0 Å². The molecule has 1 aromatic heterocycles. The third kappa shape index (κ3) is 2.21. The molecular formula is C15H10ClNO5S2. The second kappa shape index (κ2) is 5.37. The van der Waals surface area contributed by atoms with E-state index in [4.69, 9.17) is 16.3 Å². The third-order valence-electron chi connectivity index (χ3n) is 4.29. The molecule has 9 heteroatoms. The van der Waals surface area contributed by atoms with Gasteiger partial charge < -0.3 is 14.8 Å². The molecule has 6 nitrogen and oxygen atoms in total. The van der Waals surface area contributed by atoms with Gasteiger partial charge in [0.1, 0.15) is 11.2 Å². The van der Waals surface area contributed by atoms with E-state index >= 15 is 0 Å². The summed E-state index contributed by atoms with van der Waals surface area (Å²) in [6, 6.07) is 4.88. The Morgan fingerprint density at radius 2 is 2.25 bits per heavy atom. The number of aliphatic carboxylic acids is 1. The number of H-pyrrole nitrogens is 1. The maximum Gasteiger partial charge on any atom is 0.319 e. The molecule has 0 radical (unpaired) electrons. The molecule has 0 saturated carbocycles. The molecule has 24 heavy (non-hydrogen) atoms. The lowest BCUT2D eigenvalue weighted by molar-refractivity contribution is -0.154. The van der Waals surface area contributed by atoms with Crippen molar-refractivity contribution in [2.24, 2.45) is 5.41 Å². The first-order chi connectivity index (χ1) is 11.4. The number of aromatic nitrogens is 1. The Balaban J connectivity index is 2.01. The molecule has 2 unspecified atom stereocenters. The van der Waals surface area contributed by atoms with Crippen LogP contribution in [0.5, 0.6) is 5.75 Å². The molecule has 2 N–H and O–H groups in total. The monoisotopic (exact) mass is 383 g/mol. The van der Waals surface area contributed by atoms with Gasteiger partial charge in [0.15, 0.2) is 0 Å². The number of fused-ring (bicyclic) bond motifs is 5. The van der Waals surface area contributed by atoms with Crippen molar-refractivity contribution < 1.29 is 19.4 Å². The summed E-state index contributed by atoms with van der Waals surface area (Å²) in [4.78, 5) is 39.2. The summed E-state index contributed by atoms with van der Waals surface area (Å²) < 4.78 is 5.42. The number of nitrogens with one attached hydrogen (secondary N) is 1. The van der Waals surface area contributed by atoms with Crippen LogP contribution in [0.2, 0.25) is 5.02 Å². The van der Waals surface area contributed by atoms with Crippen LogP contribution in [0.15, 0.2) is 28.0 Å². The van der Waals surface area contributed by atoms with Gasteiger partial charge in [-0.1, -0.05) is 22.9 Å². The maximum absolute atomic E-state index is 12.7. The van der Waals surface area contributed by atoms with Gasteiger partial charge in [-0.15, -0.1) is 11.8 Å². The van der Waals surface area contributed by atoms with Gasteiger partial charge in [0.2, 0.25) is 0 Å². The Bertz CT molecular complexity index is 936. The lowest BCUT2D eigenvalue weighted by atomic mass is 9.68. The van der Waals surface area contributed by atoms with Crippen LogP contribution in [-0.2, 0) is 9.59 Å². The summed E-state index contributed by atoms with van der Waals surface area (Å²) in [6.45, 7) is 0. The minimum Gasteiger partial charge on any atom is -0.481 e. The van der Waals surface area contributed by atoms with Gasteiger partial charge in [-0.25, -0.2) is 0 Å². The normalized spacial score (nSPS) is 24.5. The number of benzene rings is 1. The molecule has 3 heterocycles. The first kappa shape index (κ1) is 15.7. The SMILES string of the molecule is O=C(O)CC12CSc3[nH]c(=O)sc3C1c1cc(Cl)ccc1OC2=O. The minimum absolute atomic E-state index is 0.217. The van der Waals surface area contributed by atoms with Crippen molar-refractivity contribution in [2.45, 2.75) is 17.4 Å². The predicted octanol–water partition coefficient (Wildman–Crippen LogP) is 2.71. The zero-order chi connectivity index (χ0) is 17.1. The van der Waals surface area contributed by atoms with Crippen LogP contribution in [0.25, 0.3) is 0 Å². The molecular weight excluding hydrogens is 374 g/mol. The zero-order valence-electron chi connectivity index (χ0n) is 12.0. The summed E-state index contributed by atoms with van der Waals surface area (Å²) in [5.74, 6) is -1.66. The molecule has 0 bridgehead atoms. The van der Waals surface area contributed by atoms with E-state index < -0.39 is 23.3 Å². The Morgan fingerprint density at radius 1 is 1.46 bits per heavy atom. The minimum atomic E-state index is -1.26. The third-order valence-corrected chi connectivity index (χ3v) is 6.87. The highest BCUT2D eigenvalue weighted by Gasteiger charge is 2.57. The summed E-state index contributed by atoms with van der Waals surface area (Å²) >= 11 is 8.37. The van der Waals surface area contributed by atoms with Crippen molar-refractivity contribution in [3.8, 4) is 5.75 Å². The van der Waals surface area contributed by atoms with Gasteiger partial charge in [0, 0.05) is 27.1 Å². The van der Waals surface area contributed by atoms with Crippen LogP contribution in [0, 0.1) is 5.41 Å². The largest absolute Gasteiger partial charge is 0.481 e. The molecule has 0 fully saturated rings. The Hall–Kier alpha value is -1.77. The van der Waals surface area contributed by atoms with Crippen molar-refractivity contribution in [2.75, 3.05) is 5.75 Å². The highest BCUT2D eigenvalue weighted by molar-refractivity contribution is 7.99. The molecule has 1 aromatic carbocycles. The topological polar surface area (TPSA) is 96.5 Å². The van der Waals surface area contributed by atoms with E-state index in [-0.39, 0.29) is 17.0 Å². The lowest BCUT2D eigenvalue weighted by Crippen LogP contribution is -2.48. The van der Waals surface area contributed by atoms with Crippen LogP contribution in [0.4, 0.5) is 0 Å². The fourth-order valence-electron chi connectivity index (χ4n) is 3.31. The van der Waals surface area contributed by atoms with E-state index in [2.05, 4.69) is 4.98 Å². The van der Waals surface area contributed by atoms with Crippen molar-refractivity contribution in [3.05, 3.63) is 43.3 Å². The van der Waals surface area contributed by atoms with Crippen molar-refractivity contribution >= 4 is 46.6 Å². The standard InChI is InChI=1S/C15H10ClNO5S2/c16-6-1-2-8-7(3-6)10-11-12(17-14(21)24-11)23-5-15(10,4-9(18)19)13(20)22-8/h1-3,10H,4-5H2,(H,17,21)(H,18,19). The second-order valence-electron chi connectivity index (χ2n) is 5.73. The molecule has 2 atom stereocenters. The quantitative estimate of drug-likeness (QED) is 0.611. The van der Waals surface area contributed by atoms with E-state index in [9.17, 15) is 19.5 Å². The molecule has 0 spiro atoms. The predicted molar refractivity (Wildman–Crippen MR) is 89.3 cm³/mol. The summed E-state index contributed by atoms with van der Waals surface area (Å²) in [5.41, 5.74) is -0.619. The number of thiazole rings is 1. The van der Waals surface area contributed by atoms with E-state index in [1.807, 2.05) is 0 Å². The Kier molecular flexibility index (Phi) is 3.52. The van der Waals surface area contributed by atoms with Crippen molar-refractivity contribution in [1.29, 1.82) is 0 Å². The van der Waals surface area contributed by atoms with Crippen LogP contribution >= 0.6 is 34.7 Å². The number of carboxylic acids is 1. The first-order valence-corrected chi connectivity index (χ1v) is 9.18. The molecule has 4 rings (SSSR count). The van der Waals surface area contributed by atoms with E-state index in [1.165, 1.54) is 11.8 Å². The molecule has 2 aliphatic heterocycles. The smallest absolute Gasteiger partial charge is 0.319 e. The van der Waals surface area contributed by atoms with Crippen LogP contribution in [-0.4, -0.2) is 27.8 Å². The number of aromatic amines is 1. The highest BCUT2D eigenvalue weighted by Crippen LogP contribution is 2.58. The summed E-state index contributed by atoms with van der Waals surface area (Å²) in [6.07, 6.45) is -0.374. The number of carbonyl (C=O) groups is 2. The van der Waals surface area contributed by atoms with Gasteiger partial charge in [-0.2, -0.15) is 0 Å². The van der Waals surface area contributed by atoms with E-state index in [0.717, 1.165) is 11.3 Å². The highest BCUT2D eigenvalue weighted by atomic mass is 35.5. The maximum atomic E-state index is 12.7. The lowest BCUT2D eigenvalue weighted by Gasteiger charge is -2.43. The Morgan fingerprint density at radius 3 is 3.00 bits per heavy atom. The number of halogens is 1. The fraction of sp³-hybridized carbons (Fsp3) is 0.267. The number of hydrogen-bond acceptors (Lipinski definition) is 6. The van der Waals surface area contributed by atoms with E-state index in [1.54, 1.807) is 18.2 Å². The van der Waals surface area contributed by atoms with Crippen LogP contribution in [0.3, 0.4) is 0 Å². The number of rotatable bonds is 2. The Labute approximate surface area is 148 Å².